The van der Waals surface area contributed by atoms with Gasteiger partial charge in [-0.2, -0.15) is 0 Å². The highest BCUT2D eigenvalue weighted by molar-refractivity contribution is 5.67. The van der Waals surface area contributed by atoms with Gasteiger partial charge >= 0.3 is 5.97 Å². The molecule has 1 aromatic carbocycles. The van der Waals surface area contributed by atoms with E-state index in [1.807, 2.05) is 43.3 Å². The van der Waals surface area contributed by atoms with Crippen molar-refractivity contribution in [3.63, 3.8) is 0 Å². The summed E-state index contributed by atoms with van der Waals surface area (Å²) in [5, 5.41) is 8.97. The number of aliphatic carboxylic acids is 1. The second kappa shape index (κ2) is 6.88. The maximum absolute atomic E-state index is 10.9. The molecule has 0 bridgehead atoms. The van der Waals surface area contributed by atoms with Crippen LogP contribution in [0, 0.1) is 6.92 Å². The fourth-order valence-electron chi connectivity index (χ4n) is 2.32. The van der Waals surface area contributed by atoms with E-state index in [0.717, 1.165) is 11.3 Å². The molecule has 0 radical (unpaired) electrons. The Labute approximate surface area is 125 Å². The summed E-state index contributed by atoms with van der Waals surface area (Å²) in [6.07, 6.45) is 3.63. The summed E-state index contributed by atoms with van der Waals surface area (Å²) in [4.78, 5) is 17.1. The number of nitrogens with zero attached hydrogens (tertiary/aromatic N) is 2. The smallest absolute Gasteiger partial charge is 0.305 e. The lowest BCUT2D eigenvalue weighted by Crippen LogP contribution is -2.29. The number of carbonyl (C=O) groups is 1. The summed E-state index contributed by atoms with van der Waals surface area (Å²) in [5.74, 6) is -0.783. The van der Waals surface area contributed by atoms with Gasteiger partial charge in [-0.15, -0.1) is 0 Å². The lowest BCUT2D eigenvalue weighted by Gasteiger charge is -2.31. The zero-order valence-electron chi connectivity index (χ0n) is 12.4. The van der Waals surface area contributed by atoms with Gasteiger partial charge in [-0.1, -0.05) is 17.7 Å². The van der Waals surface area contributed by atoms with Gasteiger partial charge in [0.05, 0.1) is 12.5 Å². The third-order valence-electron chi connectivity index (χ3n) is 3.59. The molecule has 0 spiro atoms. The zero-order valence-corrected chi connectivity index (χ0v) is 12.4. The number of carboxylic acids is 1. The van der Waals surface area contributed by atoms with E-state index in [9.17, 15) is 4.79 Å². The minimum atomic E-state index is -0.783. The highest BCUT2D eigenvalue weighted by atomic mass is 16.4. The molecule has 1 unspecified atom stereocenters. The third-order valence-corrected chi connectivity index (χ3v) is 3.59. The van der Waals surface area contributed by atoms with Crippen molar-refractivity contribution in [2.24, 2.45) is 0 Å². The van der Waals surface area contributed by atoms with Gasteiger partial charge in [-0.3, -0.25) is 9.78 Å². The van der Waals surface area contributed by atoms with Gasteiger partial charge in [-0.05, 0) is 43.7 Å². The topological polar surface area (TPSA) is 53.4 Å². The molecule has 4 heteroatoms. The van der Waals surface area contributed by atoms with Crippen LogP contribution in [0.5, 0.6) is 0 Å². The summed E-state index contributed by atoms with van der Waals surface area (Å²) in [6.45, 7) is 4.59. The molecule has 21 heavy (non-hydrogen) atoms. The van der Waals surface area contributed by atoms with Crippen LogP contribution in [0.25, 0.3) is 0 Å². The van der Waals surface area contributed by atoms with E-state index in [2.05, 4.69) is 16.8 Å². The van der Waals surface area contributed by atoms with Crippen molar-refractivity contribution in [2.75, 3.05) is 11.4 Å². The predicted octanol–water partition coefficient (Wildman–Crippen LogP) is 3.43. The number of aryl methyl sites for hydroxylation is 1. The van der Waals surface area contributed by atoms with E-state index in [-0.39, 0.29) is 12.5 Å². The summed E-state index contributed by atoms with van der Waals surface area (Å²) < 4.78 is 0. The average Bonchev–Trinajstić information content (AvgIpc) is 2.49. The Morgan fingerprint density at radius 2 is 1.81 bits per heavy atom. The molecule has 1 heterocycles. The van der Waals surface area contributed by atoms with Crippen LogP contribution in [0.3, 0.4) is 0 Å². The number of pyridine rings is 1. The minimum absolute atomic E-state index is 0.0926. The van der Waals surface area contributed by atoms with Crippen LogP contribution < -0.4 is 4.90 Å². The van der Waals surface area contributed by atoms with Crippen LogP contribution in [-0.2, 0) is 4.79 Å². The van der Waals surface area contributed by atoms with Gasteiger partial charge < -0.3 is 10.0 Å². The minimum Gasteiger partial charge on any atom is -0.481 e. The second-order valence-electron chi connectivity index (χ2n) is 5.13. The molecule has 1 N–H and O–H groups in total. The van der Waals surface area contributed by atoms with E-state index < -0.39 is 5.97 Å². The van der Waals surface area contributed by atoms with Crippen LogP contribution in [0.15, 0.2) is 48.8 Å². The normalized spacial score (nSPS) is 11.9. The maximum atomic E-state index is 10.9. The lowest BCUT2D eigenvalue weighted by molar-refractivity contribution is -0.136. The Morgan fingerprint density at radius 1 is 1.19 bits per heavy atom. The number of hydrogen-bond acceptors (Lipinski definition) is 3. The zero-order chi connectivity index (χ0) is 15.2. The first kappa shape index (κ1) is 15.0. The Morgan fingerprint density at radius 3 is 2.38 bits per heavy atom. The molecule has 110 valence electrons. The van der Waals surface area contributed by atoms with Gasteiger partial charge in [0.1, 0.15) is 0 Å². The number of hydrogen-bond donors (Lipinski definition) is 1. The number of anilines is 1. The van der Waals surface area contributed by atoms with Crippen LogP contribution in [-0.4, -0.2) is 22.6 Å². The Kier molecular flexibility index (Phi) is 4.93. The standard InChI is InChI=1S/C17H20N2O2/c1-13-3-5-16(6-4-13)19(12-9-17(20)21)14(2)15-7-10-18-11-8-15/h3-8,10-11,14H,9,12H2,1-2H3,(H,20,21). The van der Waals surface area contributed by atoms with Crippen molar-refractivity contribution in [1.29, 1.82) is 0 Å². The summed E-state index contributed by atoms with van der Waals surface area (Å²) in [5.41, 5.74) is 3.34. The summed E-state index contributed by atoms with van der Waals surface area (Å²) in [6, 6.07) is 12.2. The largest absolute Gasteiger partial charge is 0.481 e. The molecule has 0 aliphatic rings. The molecule has 1 atom stereocenters. The Bertz CT molecular complexity index is 581. The molecule has 0 saturated carbocycles. The Hall–Kier alpha value is -2.36. The predicted molar refractivity (Wildman–Crippen MR) is 83.4 cm³/mol. The molecule has 2 rings (SSSR count). The molecule has 2 aromatic rings. The second-order valence-corrected chi connectivity index (χ2v) is 5.13. The quantitative estimate of drug-likeness (QED) is 0.883. The van der Waals surface area contributed by atoms with Crippen LogP contribution in [0.2, 0.25) is 0 Å². The van der Waals surface area contributed by atoms with Gasteiger partial charge in [0, 0.05) is 24.6 Å². The molecular formula is C17H20N2O2. The lowest BCUT2D eigenvalue weighted by atomic mass is 10.1. The molecular weight excluding hydrogens is 264 g/mol. The Balaban J connectivity index is 2.26. The maximum Gasteiger partial charge on any atom is 0.305 e. The van der Waals surface area contributed by atoms with E-state index in [1.165, 1.54) is 5.56 Å². The number of rotatable bonds is 6. The van der Waals surface area contributed by atoms with E-state index in [1.54, 1.807) is 12.4 Å². The van der Waals surface area contributed by atoms with Gasteiger partial charge in [0.25, 0.3) is 0 Å². The van der Waals surface area contributed by atoms with Crippen molar-refractivity contribution in [3.05, 3.63) is 59.9 Å². The molecule has 0 saturated heterocycles. The first-order valence-electron chi connectivity index (χ1n) is 7.03. The van der Waals surface area contributed by atoms with Crippen molar-refractivity contribution in [2.45, 2.75) is 26.3 Å². The third kappa shape index (κ3) is 4.05. The van der Waals surface area contributed by atoms with Crippen LogP contribution in [0.1, 0.15) is 30.5 Å². The van der Waals surface area contributed by atoms with Crippen LogP contribution >= 0.6 is 0 Å². The number of benzene rings is 1. The van der Waals surface area contributed by atoms with E-state index in [0.29, 0.717) is 6.54 Å². The summed E-state index contributed by atoms with van der Waals surface area (Å²) >= 11 is 0. The molecule has 1 aromatic heterocycles. The SMILES string of the molecule is Cc1ccc(N(CCC(=O)O)C(C)c2ccncc2)cc1. The molecule has 0 aliphatic carbocycles. The van der Waals surface area contributed by atoms with Gasteiger partial charge in [0.2, 0.25) is 0 Å². The highest BCUT2D eigenvalue weighted by Crippen LogP contribution is 2.27. The van der Waals surface area contributed by atoms with Crippen LogP contribution in [0.4, 0.5) is 5.69 Å². The first-order chi connectivity index (χ1) is 10.1. The summed E-state index contributed by atoms with van der Waals surface area (Å²) in [7, 11) is 0. The average molecular weight is 284 g/mol. The molecule has 0 aliphatic heterocycles. The molecule has 0 amide bonds. The number of aromatic nitrogens is 1. The van der Waals surface area contributed by atoms with Crippen molar-refractivity contribution in [3.8, 4) is 0 Å². The fraction of sp³-hybridized carbons (Fsp3) is 0.294. The van der Waals surface area contributed by atoms with E-state index in [4.69, 9.17) is 5.11 Å². The monoisotopic (exact) mass is 284 g/mol. The fourth-order valence-corrected chi connectivity index (χ4v) is 2.32. The van der Waals surface area contributed by atoms with Gasteiger partial charge in [-0.25, -0.2) is 0 Å². The van der Waals surface area contributed by atoms with Gasteiger partial charge in [0.15, 0.2) is 0 Å². The number of carboxylic acid groups (broad SMARTS) is 1. The van der Waals surface area contributed by atoms with Crippen molar-refractivity contribution < 1.29 is 9.90 Å². The van der Waals surface area contributed by atoms with Crippen molar-refractivity contribution in [1.82, 2.24) is 4.98 Å². The molecule has 0 fully saturated rings. The highest BCUT2D eigenvalue weighted by Gasteiger charge is 2.17. The van der Waals surface area contributed by atoms with E-state index >= 15 is 0 Å². The first-order valence-corrected chi connectivity index (χ1v) is 7.03. The molecule has 4 nitrogen and oxygen atoms in total. The van der Waals surface area contributed by atoms with Crippen molar-refractivity contribution >= 4 is 11.7 Å².